The second kappa shape index (κ2) is 31.6. The molecule has 4 saturated carbocycles. The predicted octanol–water partition coefficient (Wildman–Crippen LogP) is 6.67. The van der Waals surface area contributed by atoms with E-state index in [1.807, 2.05) is 45.0 Å². The number of aromatic nitrogens is 2. The van der Waals surface area contributed by atoms with Crippen molar-refractivity contribution in [3.8, 4) is 23.3 Å². The molecule has 7 amide bonds. The van der Waals surface area contributed by atoms with E-state index in [-0.39, 0.29) is 69.5 Å². The molecule has 550 valence electrons. The Morgan fingerprint density at radius 1 is 0.630 bits per heavy atom. The second-order valence-electron chi connectivity index (χ2n) is 28.5. The first kappa shape index (κ1) is 81.2. The number of hydrogen-bond donors (Lipinski definition) is 6. The highest BCUT2D eigenvalue weighted by Gasteiger charge is 2.64. The van der Waals surface area contributed by atoms with E-state index in [4.69, 9.17) is 29.4 Å². The zero-order chi connectivity index (χ0) is 72.4. The highest BCUT2D eigenvalue weighted by atomic mass is 35.5. The fourth-order valence-corrected chi connectivity index (χ4v) is 14.3. The lowest BCUT2D eigenvalue weighted by Gasteiger charge is -2.36. The number of nitrogens with zero attached hydrogens (tertiary/aromatic N) is 4. The molecule has 2 aromatic heterocycles. The van der Waals surface area contributed by atoms with E-state index in [9.17, 15) is 55.2 Å². The molecule has 2 aliphatic heterocycles. The number of alkyl carbamates (subject to hydrolysis) is 1. The molecule has 28 nitrogen and oxygen atoms in total. The topological polar surface area (TPSA) is 379 Å². The smallest absolute Gasteiger partial charge is 0.408 e. The lowest BCUT2D eigenvalue weighted by atomic mass is 9.85. The van der Waals surface area contributed by atoms with E-state index in [2.05, 4.69) is 64.9 Å². The SMILES string of the molecule is C=C[C@@H]1C[C@]1(NC(=O)[C@@H]1C[C@@H](Oc2nccc3cc(OC)ccc23)CN1C(=O)[C@@H](N)C(C)(C)C)C(=O)NS(=O)(=O)C1CC1.C=C[C@@H]1C[C@]1(NC(=O)[C@@H]1C[C@@H](Oc2nccc3cc(OC)ccc23)CN1C(=O)[C@@H](NC(=O)OC(C)(C)C)C(C)(C)C)C(=O)NS(=O)(=O)C1CC1.COC(=O)Cl.Cl.Cl. The highest BCUT2D eigenvalue weighted by Crippen LogP contribution is 2.47. The van der Waals surface area contributed by atoms with Gasteiger partial charge in [0.15, 0.2) is 0 Å². The Bertz CT molecular complexity index is 4010. The molecule has 6 fully saturated rings. The van der Waals surface area contributed by atoms with Gasteiger partial charge >= 0.3 is 11.5 Å². The van der Waals surface area contributed by atoms with Crippen LogP contribution in [0.1, 0.15) is 114 Å². The van der Waals surface area contributed by atoms with Gasteiger partial charge in [-0.3, -0.25) is 38.2 Å². The van der Waals surface area contributed by atoms with Crippen LogP contribution in [0.15, 0.2) is 86.2 Å². The predicted molar refractivity (Wildman–Crippen MR) is 377 cm³/mol. The van der Waals surface area contributed by atoms with E-state index in [1.54, 1.807) is 92.4 Å². The van der Waals surface area contributed by atoms with Crippen molar-refractivity contribution in [3.63, 3.8) is 0 Å². The number of pyridine rings is 2. The maximum atomic E-state index is 14.4. The lowest BCUT2D eigenvalue weighted by Crippen LogP contribution is -2.60. The Hall–Kier alpha value is -7.77. The number of halogens is 3. The largest absolute Gasteiger partial charge is 0.497 e. The number of methoxy groups -OCH3 is 3. The molecule has 0 unspecified atom stereocenters. The van der Waals surface area contributed by atoms with E-state index in [0.29, 0.717) is 48.4 Å². The molecule has 4 aromatic rings. The fraction of sp³-hybridized carbons (Fsp3) is 0.552. The number of rotatable bonds is 21. The quantitative estimate of drug-likeness (QED) is 0.0374. The summed E-state index contributed by atoms with van der Waals surface area (Å²) in [4.78, 5) is 117. The van der Waals surface area contributed by atoms with Crippen LogP contribution in [0.25, 0.3) is 21.5 Å². The number of fused-ring (bicyclic) bond motifs is 2. The average molecular weight is 1500 g/mol. The lowest BCUT2D eigenvalue weighted by molar-refractivity contribution is -0.143. The molecule has 10 rings (SSSR count). The number of ether oxygens (including phenoxy) is 6. The van der Waals surface area contributed by atoms with Crippen LogP contribution in [0.3, 0.4) is 0 Å². The van der Waals surface area contributed by atoms with Gasteiger partial charge in [0.25, 0.3) is 11.8 Å². The molecule has 0 radical (unpaired) electrons. The standard InChI is InChI=1S/C35H47N5O9S.C30H39N5O7S.C2H3ClO2.2ClH/c1-9-21-18-35(21,31(43)39-50(45,46)24-11-12-24)38-28(41)26-17-23(48-29-25-13-10-22(47-8)16-20(25)14-15-36-29)19-40(26)30(42)27(33(2,3)4)37-32(44)49-34(5,6)7;1-6-18-15-30(18,28(38)34-43(39,40)21-8-9-21)33-25(36)23-14-20(16-35(23)27(37)24(31)29(2,3)4)42-26-22-10-7-19(41-5)13-17(22)11-12-32-26;1-5-2(3)4;;/h9-10,13-16,21,23-24,26-27H,1,11-12,17-19H2,2-8H3,(H,37,44)(H,38,41)(H,39,43);6-7,10-13,18,20-21,23-24H,1,8-9,14-16,31H2,2-5H3,(H,33,36)(H,34,38);1H3;2*1H/t21-,23-,26+,27-,35-;18-,20-,23+,24-,30-;;;/m11.../s1. The van der Waals surface area contributed by atoms with Gasteiger partial charge in [0.1, 0.15) is 58.5 Å². The number of carbonyl (C=O) groups excluding carboxylic acids is 8. The van der Waals surface area contributed by atoms with Crippen molar-refractivity contribution >= 4 is 125 Å². The average Bonchev–Trinajstić information content (AvgIpc) is 1.58. The first-order valence-electron chi connectivity index (χ1n) is 32.0. The maximum Gasteiger partial charge on any atom is 0.408 e. The highest BCUT2D eigenvalue weighted by molar-refractivity contribution is 7.91. The number of amides is 7. The second-order valence-corrected chi connectivity index (χ2v) is 32.7. The fourth-order valence-electron chi connectivity index (χ4n) is 11.6. The summed E-state index contributed by atoms with van der Waals surface area (Å²) in [6.07, 6.45) is 6.43. The monoisotopic (exact) mass is 1490 g/mol. The van der Waals surface area contributed by atoms with Crippen LogP contribution < -0.4 is 50.1 Å². The number of hydrogen-bond acceptors (Lipinski definition) is 21. The molecule has 4 heterocycles. The Morgan fingerprint density at radius 2 is 1.02 bits per heavy atom. The minimum absolute atomic E-state index is 0. The van der Waals surface area contributed by atoms with Crippen molar-refractivity contribution in [3.05, 3.63) is 86.2 Å². The van der Waals surface area contributed by atoms with Gasteiger partial charge in [0.2, 0.25) is 55.4 Å². The number of nitrogens with two attached hydrogens (primary N) is 1. The van der Waals surface area contributed by atoms with Gasteiger partial charge in [0.05, 0.1) is 51.0 Å². The van der Waals surface area contributed by atoms with Crippen molar-refractivity contribution in [1.82, 2.24) is 45.2 Å². The summed E-state index contributed by atoms with van der Waals surface area (Å²) in [6, 6.07) is 10.3. The number of sulfonamides is 2. The van der Waals surface area contributed by atoms with Crippen molar-refractivity contribution in [2.24, 2.45) is 28.4 Å². The van der Waals surface area contributed by atoms with Crippen LogP contribution >= 0.6 is 36.4 Å². The van der Waals surface area contributed by atoms with E-state index >= 15 is 0 Å². The van der Waals surface area contributed by atoms with Crippen molar-refractivity contribution in [2.75, 3.05) is 34.4 Å². The summed E-state index contributed by atoms with van der Waals surface area (Å²) in [6.45, 7) is 23.5. The molecular weight excluding hydrogens is 1400 g/mol. The Balaban J connectivity index is 0.000000292. The maximum absolute atomic E-state index is 14.4. The van der Waals surface area contributed by atoms with Gasteiger partial charge in [-0.15, -0.1) is 38.0 Å². The van der Waals surface area contributed by atoms with Gasteiger partial charge in [-0.2, -0.15) is 0 Å². The van der Waals surface area contributed by atoms with Gasteiger partial charge in [-0.25, -0.2) is 36.4 Å². The first-order chi connectivity index (χ1) is 45.7. The normalized spacial score (nSPS) is 23.6. The third-order valence-electron chi connectivity index (χ3n) is 17.8. The summed E-state index contributed by atoms with van der Waals surface area (Å²) in [5.41, 5.74) is 0.313. The third-order valence-corrected chi connectivity index (χ3v) is 21.5. The Kier molecular flexibility index (Phi) is 25.7. The summed E-state index contributed by atoms with van der Waals surface area (Å²) in [5.74, 6) is -2.94. The van der Waals surface area contributed by atoms with Crippen molar-refractivity contribution in [1.29, 1.82) is 0 Å². The van der Waals surface area contributed by atoms with Crippen LogP contribution in [0.2, 0.25) is 0 Å². The zero-order valence-corrected chi connectivity index (χ0v) is 61.9. The van der Waals surface area contributed by atoms with Crippen LogP contribution in [0.4, 0.5) is 9.59 Å². The first-order valence-corrected chi connectivity index (χ1v) is 35.5. The summed E-state index contributed by atoms with van der Waals surface area (Å²) < 4.78 is 87.2. The molecule has 0 spiro atoms. The van der Waals surface area contributed by atoms with Gasteiger partial charge in [0, 0.05) is 59.4 Å². The minimum atomic E-state index is -3.89. The van der Waals surface area contributed by atoms with E-state index < -0.39 is 153 Å². The Morgan fingerprint density at radius 3 is 1.34 bits per heavy atom. The molecule has 7 N–H and O–H groups in total. The number of nitrogens with one attached hydrogen (secondary N) is 5. The number of benzene rings is 2. The molecule has 0 bridgehead atoms. The molecule has 2 aromatic carbocycles. The van der Waals surface area contributed by atoms with Crippen LogP contribution in [-0.4, -0.2) is 182 Å². The molecule has 33 heteroatoms. The van der Waals surface area contributed by atoms with Crippen molar-refractivity contribution < 1.29 is 83.6 Å². The molecular formula is C67H91Cl3N10O18S2. The van der Waals surface area contributed by atoms with Gasteiger partial charge in [-0.05, 0) is 129 Å². The van der Waals surface area contributed by atoms with Crippen LogP contribution in [0, 0.1) is 22.7 Å². The van der Waals surface area contributed by atoms with Crippen LogP contribution in [0.5, 0.6) is 23.3 Å². The number of likely N-dealkylation sites (tertiary alicyclic amines) is 2. The summed E-state index contributed by atoms with van der Waals surface area (Å²) in [7, 11) is -3.37. The minimum Gasteiger partial charge on any atom is -0.497 e. The number of carbonyl (C=O) groups is 8. The summed E-state index contributed by atoms with van der Waals surface area (Å²) in [5, 5.41) is 10.1. The van der Waals surface area contributed by atoms with E-state index in [1.165, 1.54) is 29.1 Å². The molecule has 6 aliphatic rings. The molecule has 100 heavy (non-hydrogen) atoms. The molecule has 10 atom stereocenters. The van der Waals surface area contributed by atoms with Crippen LogP contribution in [-0.2, 0) is 58.3 Å². The van der Waals surface area contributed by atoms with Crippen molar-refractivity contribution in [2.45, 2.75) is 177 Å². The Labute approximate surface area is 599 Å². The van der Waals surface area contributed by atoms with Gasteiger partial charge < -0.3 is 59.9 Å². The summed E-state index contributed by atoms with van der Waals surface area (Å²) >= 11 is 4.60. The molecule has 4 aliphatic carbocycles. The third kappa shape index (κ3) is 19.2. The molecule has 2 saturated heterocycles. The van der Waals surface area contributed by atoms with E-state index in [0.717, 1.165) is 16.2 Å². The zero-order valence-electron chi connectivity index (χ0n) is 57.9. The van der Waals surface area contributed by atoms with Gasteiger partial charge in [-0.1, -0.05) is 53.7 Å².